The van der Waals surface area contributed by atoms with Crippen molar-refractivity contribution >= 4 is 23.4 Å². The summed E-state index contributed by atoms with van der Waals surface area (Å²) < 4.78 is 5.37. The van der Waals surface area contributed by atoms with Crippen molar-refractivity contribution in [1.82, 2.24) is 15.5 Å². The molecule has 1 saturated heterocycles. The minimum Gasteiger partial charge on any atom is -0.374 e. The number of nitrogens with one attached hydrogen (secondary N) is 2. The zero-order valence-corrected chi connectivity index (χ0v) is 11.8. The summed E-state index contributed by atoms with van der Waals surface area (Å²) >= 11 is 1.64. The van der Waals surface area contributed by atoms with Gasteiger partial charge >= 0.3 is 12.1 Å². The summed E-state index contributed by atoms with van der Waals surface area (Å²) in [6.07, 6.45) is -0.187. The molecule has 0 saturated carbocycles. The molecule has 1 aliphatic rings. The molecule has 104 valence electrons. The van der Waals surface area contributed by atoms with Crippen LogP contribution in [0.2, 0.25) is 0 Å². The summed E-state index contributed by atoms with van der Waals surface area (Å²) in [6, 6.07) is 3.27. The Morgan fingerprint density at radius 2 is 2.42 bits per heavy atom. The molecule has 2 heterocycles. The molecule has 6 nitrogen and oxygen atoms in total. The molecular weight excluding hydrogens is 266 g/mol. The van der Waals surface area contributed by atoms with E-state index in [2.05, 4.69) is 10.6 Å². The van der Waals surface area contributed by atoms with Crippen molar-refractivity contribution < 1.29 is 14.3 Å². The fourth-order valence-electron chi connectivity index (χ4n) is 1.87. The number of aryl methyl sites for hydroxylation is 1. The van der Waals surface area contributed by atoms with E-state index in [4.69, 9.17) is 4.74 Å². The summed E-state index contributed by atoms with van der Waals surface area (Å²) in [5, 5.41) is 5.31. The Morgan fingerprint density at radius 3 is 2.95 bits per heavy atom. The minimum atomic E-state index is -0.384. The van der Waals surface area contributed by atoms with Gasteiger partial charge in [0.2, 0.25) is 0 Å². The van der Waals surface area contributed by atoms with E-state index >= 15 is 0 Å². The maximum absolute atomic E-state index is 11.8. The summed E-state index contributed by atoms with van der Waals surface area (Å²) in [6.45, 7) is 3.28. The van der Waals surface area contributed by atoms with Crippen molar-refractivity contribution in [3.8, 4) is 0 Å². The average Bonchev–Trinajstić information content (AvgIpc) is 2.99. The molecule has 1 fully saturated rings. The van der Waals surface area contributed by atoms with Gasteiger partial charge in [-0.15, -0.1) is 11.3 Å². The second-order valence-corrected chi connectivity index (χ2v) is 5.56. The van der Waals surface area contributed by atoms with Crippen molar-refractivity contribution in [3.63, 3.8) is 0 Å². The smallest absolute Gasteiger partial charge is 0.325 e. The molecule has 1 aromatic heterocycles. The highest BCUT2D eigenvalue weighted by molar-refractivity contribution is 7.12. The Kier molecular flexibility index (Phi) is 4.39. The van der Waals surface area contributed by atoms with Crippen molar-refractivity contribution in [3.05, 3.63) is 21.9 Å². The fourth-order valence-corrected chi connectivity index (χ4v) is 2.82. The second kappa shape index (κ2) is 6.03. The Hall–Kier alpha value is -1.60. The number of methoxy groups -OCH3 is 1. The van der Waals surface area contributed by atoms with Crippen LogP contribution in [0.4, 0.5) is 9.59 Å². The molecule has 4 amide bonds. The normalized spacial score (nSPS) is 16.3. The fraction of sp³-hybridized carbons (Fsp3) is 0.500. The number of carbonyl (C=O) groups excluding carboxylic acids is 2. The van der Waals surface area contributed by atoms with Gasteiger partial charge < -0.3 is 15.4 Å². The monoisotopic (exact) mass is 283 g/mol. The standard InChI is InChI=1S/C12H17N3O3S/c1-8-3-4-10(19-8)9(18-2)7-14-12(17)15-6-5-13-11(15)16/h3-4,9H,5-7H2,1-2H3,(H,13,16)(H,14,17)/t9-/m0/s1. The van der Waals surface area contributed by atoms with Gasteiger partial charge in [-0.05, 0) is 19.1 Å². The minimum absolute atomic E-state index is 0.187. The quantitative estimate of drug-likeness (QED) is 0.879. The average molecular weight is 283 g/mol. The van der Waals surface area contributed by atoms with E-state index in [0.29, 0.717) is 19.6 Å². The molecule has 7 heteroatoms. The molecule has 1 aliphatic heterocycles. The number of hydrogen-bond donors (Lipinski definition) is 2. The van der Waals surface area contributed by atoms with Crippen molar-refractivity contribution in [2.24, 2.45) is 0 Å². The van der Waals surface area contributed by atoms with Gasteiger partial charge in [0.15, 0.2) is 0 Å². The molecule has 0 bridgehead atoms. The van der Waals surface area contributed by atoms with Crippen LogP contribution in [-0.2, 0) is 4.74 Å². The Labute approximate surface area is 115 Å². The van der Waals surface area contributed by atoms with Crippen LogP contribution < -0.4 is 10.6 Å². The number of thiophene rings is 1. The third-order valence-electron chi connectivity index (χ3n) is 2.90. The Bertz CT molecular complexity index is 475. The molecule has 0 unspecified atom stereocenters. The van der Waals surface area contributed by atoms with E-state index in [0.717, 1.165) is 9.78 Å². The summed E-state index contributed by atoms with van der Waals surface area (Å²) in [5.74, 6) is 0. The highest BCUT2D eigenvalue weighted by Crippen LogP contribution is 2.24. The number of nitrogens with zero attached hydrogens (tertiary/aromatic N) is 1. The number of carbonyl (C=O) groups is 2. The number of urea groups is 2. The molecule has 2 N–H and O–H groups in total. The van der Waals surface area contributed by atoms with Crippen LogP contribution in [0, 0.1) is 6.92 Å². The lowest BCUT2D eigenvalue weighted by Crippen LogP contribution is -2.43. The third-order valence-corrected chi connectivity index (χ3v) is 4.00. The van der Waals surface area contributed by atoms with E-state index in [1.807, 2.05) is 19.1 Å². The molecule has 1 aromatic rings. The molecule has 1 atom stereocenters. The first-order chi connectivity index (χ1) is 9.11. The SMILES string of the molecule is CO[C@@H](CNC(=O)N1CCNC1=O)c1ccc(C)s1. The summed E-state index contributed by atoms with van der Waals surface area (Å²) in [5.41, 5.74) is 0. The van der Waals surface area contributed by atoms with Gasteiger partial charge in [0.05, 0.1) is 6.54 Å². The molecular formula is C12H17N3O3S. The van der Waals surface area contributed by atoms with E-state index in [-0.39, 0.29) is 18.2 Å². The Balaban J connectivity index is 1.89. The predicted molar refractivity (Wildman–Crippen MR) is 72.3 cm³/mol. The highest BCUT2D eigenvalue weighted by Gasteiger charge is 2.26. The van der Waals surface area contributed by atoms with Crippen LogP contribution in [0.1, 0.15) is 15.9 Å². The Morgan fingerprint density at radius 1 is 1.63 bits per heavy atom. The first-order valence-corrected chi connectivity index (χ1v) is 6.86. The lowest BCUT2D eigenvalue weighted by molar-refractivity contribution is 0.105. The van der Waals surface area contributed by atoms with Gasteiger partial charge in [-0.25, -0.2) is 14.5 Å². The molecule has 0 radical (unpaired) electrons. The van der Waals surface area contributed by atoms with Crippen LogP contribution in [0.15, 0.2) is 12.1 Å². The number of imide groups is 1. The first kappa shape index (κ1) is 13.8. The van der Waals surface area contributed by atoms with Crippen molar-refractivity contribution in [2.45, 2.75) is 13.0 Å². The van der Waals surface area contributed by atoms with Gasteiger partial charge in [-0.2, -0.15) is 0 Å². The lowest BCUT2D eigenvalue weighted by Gasteiger charge is -2.17. The van der Waals surface area contributed by atoms with E-state index in [1.165, 1.54) is 4.88 Å². The molecule has 2 rings (SSSR count). The van der Waals surface area contributed by atoms with Crippen LogP contribution in [0.5, 0.6) is 0 Å². The van der Waals surface area contributed by atoms with Gasteiger partial charge in [-0.1, -0.05) is 0 Å². The van der Waals surface area contributed by atoms with Crippen LogP contribution in [0.25, 0.3) is 0 Å². The van der Waals surface area contributed by atoms with Gasteiger partial charge in [-0.3, -0.25) is 0 Å². The molecule has 0 aromatic carbocycles. The number of ether oxygens (including phenoxy) is 1. The van der Waals surface area contributed by atoms with Crippen LogP contribution in [-0.4, -0.2) is 43.7 Å². The third kappa shape index (κ3) is 3.24. The molecule has 0 spiro atoms. The van der Waals surface area contributed by atoms with Gasteiger partial charge in [0, 0.05) is 30.0 Å². The van der Waals surface area contributed by atoms with E-state index in [9.17, 15) is 9.59 Å². The largest absolute Gasteiger partial charge is 0.374 e. The number of rotatable bonds is 4. The van der Waals surface area contributed by atoms with Crippen molar-refractivity contribution in [1.29, 1.82) is 0 Å². The number of amides is 4. The topological polar surface area (TPSA) is 70.7 Å². The maximum atomic E-state index is 11.8. The maximum Gasteiger partial charge on any atom is 0.325 e. The molecule has 0 aliphatic carbocycles. The number of hydrogen-bond acceptors (Lipinski definition) is 4. The summed E-state index contributed by atoms with van der Waals surface area (Å²) in [7, 11) is 1.61. The predicted octanol–water partition coefficient (Wildman–Crippen LogP) is 1.48. The van der Waals surface area contributed by atoms with Crippen LogP contribution >= 0.6 is 11.3 Å². The zero-order valence-electron chi connectivity index (χ0n) is 10.9. The van der Waals surface area contributed by atoms with E-state index in [1.54, 1.807) is 18.4 Å². The lowest BCUT2D eigenvalue weighted by atomic mass is 10.3. The van der Waals surface area contributed by atoms with Crippen LogP contribution in [0.3, 0.4) is 0 Å². The second-order valence-electron chi connectivity index (χ2n) is 4.24. The van der Waals surface area contributed by atoms with Gasteiger partial charge in [0.1, 0.15) is 6.10 Å². The zero-order chi connectivity index (χ0) is 13.8. The van der Waals surface area contributed by atoms with E-state index < -0.39 is 0 Å². The summed E-state index contributed by atoms with van der Waals surface area (Å²) in [4.78, 5) is 26.6. The first-order valence-electron chi connectivity index (χ1n) is 6.04. The van der Waals surface area contributed by atoms with Crippen molar-refractivity contribution in [2.75, 3.05) is 26.7 Å². The highest BCUT2D eigenvalue weighted by atomic mass is 32.1. The molecule has 19 heavy (non-hydrogen) atoms. The van der Waals surface area contributed by atoms with Gasteiger partial charge in [0.25, 0.3) is 0 Å².